The Bertz CT molecular complexity index is 1060. The van der Waals surface area contributed by atoms with Gasteiger partial charge < -0.3 is 29.6 Å². The highest BCUT2D eigenvalue weighted by atomic mass is 16.6. The number of alkyl carbamates (subject to hydrolysis) is 1. The van der Waals surface area contributed by atoms with Crippen molar-refractivity contribution in [1.82, 2.24) is 15.3 Å². The first-order chi connectivity index (χ1) is 14.6. The topological polar surface area (TPSA) is 104 Å². The molecule has 1 aliphatic heterocycles. The number of nitrogens with zero attached hydrogens (tertiary/aromatic N) is 2. The first-order valence-electron chi connectivity index (χ1n) is 9.37. The quantitative estimate of drug-likeness (QED) is 0.613. The molecule has 1 fully saturated rings. The van der Waals surface area contributed by atoms with Gasteiger partial charge in [0.1, 0.15) is 11.9 Å². The summed E-state index contributed by atoms with van der Waals surface area (Å²) in [5.74, 6) is 2.23. The average molecular weight is 410 g/mol. The Morgan fingerprint density at radius 3 is 2.57 bits per heavy atom. The highest BCUT2D eigenvalue weighted by Crippen LogP contribution is 2.41. The summed E-state index contributed by atoms with van der Waals surface area (Å²) in [7, 11) is 4.70. The number of aromatic nitrogens is 2. The van der Waals surface area contributed by atoms with E-state index in [1.165, 1.54) is 0 Å². The zero-order valence-electron chi connectivity index (χ0n) is 16.9. The maximum Gasteiger partial charge on any atom is 0.407 e. The molecule has 0 spiro atoms. The molecule has 0 aliphatic carbocycles. The van der Waals surface area contributed by atoms with E-state index in [9.17, 15) is 4.79 Å². The Kier molecular flexibility index (Phi) is 5.42. The van der Waals surface area contributed by atoms with Crippen LogP contribution in [0.5, 0.6) is 17.2 Å². The van der Waals surface area contributed by atoms with E-state index in [1.54, 1.807) is 27.5 Å². The molecule has 3 heterocycles. The Morgan fingerprint density at radius 1 is 1.17 bits per heavy atom. The number of cyclic esters (lactones) is 1. The van der Waals surface area contributed by atoms with E-state index in [0.717, 1.165) is 16.5 Å². The number of amides is 1. The number of carbonyl (C=O) groups excluding carboxylic acids is 1. The summed E-state index contributed by atoms with van der Waals surface area (Å²) < 4.78 is 21.5. The van der Waals surface area contributed by atoms with Crippen molar-refractivity contribution >= 4 is 22.8 Å². The van der Waals surface area contributed by atoms with E-state index in [0.29, 0.717) is 41.8 Å². The first kappa shape index (κ1) is 19.6. The molecule has 30 heavy (non-hydrogen) atoms. The van der Waals surface area contributed by atoms with Gasteiger partial charge in [-0.3, -0.25) is 4.98 Å². The van der Waals surface area contributed by atoms with Crippen LogP contribution in [0.15, 0.2) is 36.5 Å². The SMILES string of the molecule is COc1cc(-c2cc3ncccc3c(NCC3CNC(=O)O3)n2)cc(OC)c1OC. The van der Waals surface area contributed by atoms with Crippen molar-refractivity contribution in [3.8, 4) is 28.5 Å². The van der Waals surface area contributed by atoms with E-state index in [1.807, 2.05) is 30.3 Å². The molecule has 2 N–H and O–H groups in total. The molecule has 4 rings (SSSR count). The summed E-state index contributed by atoms with van der Waals surface area (Å²) in [5, 5.41) is 6.79. The fourth-order valence-electron chi connectivity index (χ4n) is 3.34. The van der Waals surface area contributed by atoms with Gasteiger partial charge in [-0.2, -0.15) is 0 Å². The van der Waals surface area contributed by atoms with Crippen molar-refractivity contribution in [3.05, 3.63) is 36.5 Å². The summed E-state index contributed by atoms with van der Waals surface area (Å²) in [6, 6.07) is 9.37. The minimum atomic E-state index is -0.410. The Hall–Kier alpha value is -3.75. The molecule has 1 unspecified atom stereocenters. The lowest BCUT2D eigenvalue weighted by molar-refractivity contribution is 0.145. The minimum Gasteiger partial charge on any atom is -0.493 e. The van der Waals surface area contributed by atoms with Gasteiger partial charge in [-0.1, -0.05) is 0 Å². The Morgan fingerprint density at radius 2 is 1.93 bits per heavy atom. The molecular weight excluding hydrogens is 388 g/mol. The summed E-state index contributed by atoms with van der Waals surface area (Å²) in [6.45, 7) is 0.878. The molecule has 0 saturated carbocycles. The van der Waals surface area contributed by atoms with Crippen LogP contribution in [0.25, 0.3) is 22.2 Å². The van der Waals surface area contributed by atoms with Crippen LogP contribution in [0, 0.1) is 0 Å². The number of ether oxygens (including phenoxy) is 4. The second-order valence-electron chi connectivity index (χ2n) is 6.63. The highest BCUT2D eigenvalue weighted by molar-refractivity contribution is 5.92. The van der Waals surface area contributed by atoms with Gasteiger partial charge in [0.2, 0.25) is 5.75 Å². The minimum absolute atomic E-state index is 0.268. The number of anilines is 1. The number of carbonyl (C=O) groups is 1. The van der Waals surface area contributed by atoms with Crippen LogP contribution in [0.4, 0.5) is 10.6 Å². The number of fused-ring (bicyclic) bond motifs is 1. The van der Waals surface area contributed by atoms with Gasteiger partial charge in [0.15, 0.2) is 11.5 Å². The van der Waals surface area contributed by atoms with Crippen LogP contribution in [0.2, 0.25) is 0 Å². The van der Waals surface area contributed by atoms with Gasteiger partial charge in [0.05, 0.1) is 45.6 Å². The molecule has 2 aromatic heterocycles. The molecule has 1 atom stereocenters. The van der Waals surface area contributed by atoms with Crippen LogP contribution in [0.1, 0.15) is 0 Å². The molecule has 1 amide bonds. The molecular formula is C21H22N4O5. The second kappa shape index (κ2) is 8.32. The average Bonchev–Trinajstić information content (AvgIpc) is 3.21. The van der Waals surface area contributed by atoms with E-state index in [4.69, 9.17) is 23.9 Å². The van der Waals surface area contributed by atoms with Gasteiger partial charge in [0, 0.05) is 17.1 Å². The molecule has 3 aromatic rings. The molecule has 0 radical (unpaired) electrons. The third-order valence-electron chi connectivity index (χ3n) is 4.80. The number of nitrogens with one attached hydrogen (secondary N) is 2. The normalized spacial score (nSPS) is 15.4. The standard InChI is InChI=1S/C21H22N4O5/c1-27-17-7-12(8-18(28-2)19(17)29-3)15-9-16-14(5-4-6-22-16)20(25-15)23-10-13-11-24-21(26)30-13/h4-9,13H,10-11H2,1-3H3,(H,23,25)(H,24,26). The van der Waals surface area contributed by atoms with Crippen molar-refractivity contribution in [2.75, 3.05) is 39.7 Å². The highest BCUT2D eigenvalue weighted by Gasteiger charge is 2.23. The summed E-state index contributed by atoms with van der Waals surface area (Å²) in [4.78, 5) is 20.5. The number of benzene rings is 1. The van der Waals surface area contributed by atoms with Crippen LogP contribution in [-0.4, -0.2) is 56.6 Å². The van der Waals surface area contributed by atoms with E-state index < -0.39 is 6.09 Å². The maximum atomic E-state index is 11.3. The second-order valence-corrected chi connectivity index (χ2v) is 6.63. The lowest BCUT2D eigenvalue weighted by Gasteiger charge is -2.16. The van der Waals surface area contributed by atoms with Crippen molar-refractivity contribution in [2.45, 2.75) is 6.10 Å². The lowest BCUT2D eigenvalue weighted by Crippen LogP contribution is -2.24. The summed E-state index contributed by atoms with van der Waals surface area (Å²) >= 11 is 0. The van der Waals surface area contributed by atoms with E-state index in [-0.39, 0.29) is 6.10 Å². The Labute approximate surface area is 173 Å². The molecule has 1 aromatic carbocycles. The number of hydrogen-bond donors (Lipinski definition) is 2. The van der Waals surface area contributed by atoms with E-state index in [2.05, 4.69) is 15.6 Å². The van der Waals surface area contributed by atoms with Crippen LogP contribution in [0.3, 0.4) is 0 Å². The number of rotatable bonds is 7. The number of methoxy groups -OCH3 is 3. The molecule has 9 heteroatoms. The zero-order chi connectivity index (χ0) is 21.1. The molecule has 9 nitrogen and oxygen atoms in total. The van der Waals surface area contributed by atoms with Crippen molar-refractivity contribution in [1.29, 1.82) is 0 Å². The monoisotopic (exact) mass is 410 g/mol. The van der Waals surface area contributed by atoms with Crippen molar-refractivity contribution in [3.63, 3.8) is 0 Å². The predicted octanol–water partition coefficient (Wildman–Crippen LogP) is 2.84. The molecule has 0 bridgehead atoms. The van der Waals surface area contributed by atoms with Crippen molar-refractivity contribution < 1.29 is 23.7 Å². The largest absolute Gasteiger partial charge is 0.493 e. The number of hydrogen-bond acceptors (Lipinski definition) is 8. The smallest absolute Gasteiger partial charge is 0.407 e. The van der Waals surface area contributed by atoms with Crippen LogP contribution in [-0.2, 0) is 4.74 Å². The van der Waals surface area contributed by atoms with Crippen LogP contribution >= 0.6 is 0 Å². The third-order valence-corrected chi connectivity index (χ3v) is 4.80. The summed E-state index contributed by atoms with van der Waals surface area (Å²) in [6.07, 6.45) is 1.05. The van der Waals surface area contributed by atoms with E-state index >= 15 is 0 Å². The zero-order valence-corrected chi connectivity index (χ0v) is 16.9. The predicted molar refractivity (Wildman–Crippen MR) is 111 cm³/mol. The lowest BCUT2D eigenvalue weighted by atomic mass is 10.1. The van der Waals surface area contributed by atoms with Gasteiger partial charge >= 0.3 is 6.09 Å². The maximum absolute atomic E-state index is 11.3. The molecule has 1 saturated heterocycles. The first-order valence-corrected chi connectivity index (χ1v) is 9.37. The van der Waals surface area contributed by atoms with Gasteiger partial charge in [-0.25, -0.2) is 9.78 Å². The van der Waals surface area contributed by atoms with Crippen LogP contribution < -0.4 is 24.8 Å². The van der Waals surface area contributed by atoms with Gasteiger partial charge in [0.25, 0.3) is 0 Å². The fraction of sp³-hybridized carbons (Fsp3) is 0.286. The van der Waals surface area contributed by atoms with Crippen molar-refractivity contribution in [2.24, 2.45) is 0 Å². The molecule has 1 aliphatic rings. The number of pyridine rings is 2. The third kappa shape index (κ3) is 3.73. The fourth-order valence-corrected chi connectivity index (χ4v) is 3.34. The summed E-state index contributed by atoms with van der Waals surface area (Å²) in [5.41, 5.74) is 2.25. The van der Waals surface area contributed by atoms with Gasteiger partial charge in [-0.15, -0.1) is 0 Å². The van der Waals surface area contributed by atoms with Gasteiger partial charge in [-0.05, 0) is 30.3 Å². The molecule has 156 valence electrons. The Balaban J connectivity index is 1.75.